The van der Waals surface area contributed by atoms with E-state index in [0.29, 0.717) is 0 Å². The van der Waals surface area contributed by atoms with E-state index in [1.165, 1.54) is 43.5 Å². The van der Waals surface area contributed by atoms with E-state index in [1.54, 1.807) is 0 Å². The first-order chi connectivity index (χ1) is 13.1. The van der Waals surface area contributed by atoms with Gasteiger partial charge in [-0.05, 0) is 70.0 Å². The Morgan fingerprint density at radius 1 is 0.821 bits per heavy atom. The predicted octanol–water partition coefficient (Wildman–Crippen LogP) is 8.37. The zero-order valence-electron chi connectivity index (χ0n) is 17.9. The molecule has 0 heterocycles. The number of thioether (sulfide) groups is 1. The summed E-state index contributed by atoms with van der Waals surface area (Å²) in [4.78, 5) is 1.43. The molecule has 0 aromatic heterocycles. The quantitative estimate of drug-likeness (QED) is 0.426. The minimum absolute atomic E-state index is 0.182. The molecule has 0 saturated heterocycles. The van der Waals surface area contributed by atoms with Crippen LogP contribution in [0, 0.1) is 6.92 Å². The molecule has 0 spiro atoms. The maximum absolute atomic E-state index is 2.45. The number of hydrogen-bond acceptors (Lipinski definition) is 1. The Labute approximate surface area is 174 Å². The molecule has 144 valence electrons. The Balaban J connectivity index is 1.86. The lowest BCUT2D eigenvalue weighted by molar-refractivity contribution is 0.529. The van der Waals surface area contributed by atoms with E-state index in [1.807, 2.05) is 11.8 Å². The summed E-state index contributed by atoms with van der Waals surface area (Å²) in [7, 11) is 0. The molecule has 0 atom stereocenters. The fourth-order valence-corrected chi connectivity index (χ4v) is 5.09. The fraction of sp³-hybridized carbons (Fsp3) is 0.333. The standard InChI is InChI=1S/C27H30S/c1-18-7-9-19(10-8-18)20-11-12-21-17-24-23(16-22(21)15-20)25(28-26(2,3)4)13-14-27(24,5)6/h7-13,15-17H,14H2,1-6H3. The van der Waals surface area contributed by atoms with E-state index < -0.39 is 0 Å². The Kier molecular flexibility index (Phi) is 4.70. The van der Waals surface area contributed by atoms with E-state index >= 15 is 0 Å². The molecule has 3 aromatic carbocycles. The van der Waals surface area contributed by atoms with Gasteiger partial charge in [-0.15, -0.1) is 11.8 Å². The Morgan fingerprint density at radius 3 is 2.18 bits per heavy atom. The highest BCUT2D eigenvalue weighted by atomic mass is 32.2. The number of aryl methyl sites for hydroxylation is 1. The summed E-state index contributed by atoms with van der Waals surface area (Å²) in [6.07, 6.45) is 3.55. The molecular weight excluding hydrogens is 356 g/mol. The minimum Gasteiger partial charge on any atom is -0.120 e. The second kappa shape index (κ2) is 6.81. The summed E-state index contributed by atoms with van der Waals surface area (Å²) in [5.74, 6) is 0. The number of rotatable bonds is 2. The average molecular weight is 387 g/mol. The first-order valence-electron chi connectivity index (χ1n) is 10.2. The van der Waals surface area contributed by atoms with Crippen molar-refractivity contribution in [2.75, 3.05) is 0 Å². The van der Waals surface area contributed by atoms with E-state index in [4.69, 9.17) is 0 Å². The molecule has 28 heavy (non-hydrogen) atoms. The molecule has 4 rings (SSSR count). The van der Waals surface area contributed by atoms with Gasteiger partial charge in [-0.3, -0.25) is 0 Å². The van der Waals surface area contributed by atoms with Crippen LogP contribution in [0.3, 0.4) is 0 Å². The second-order valence-electron chi connectivity index (χ2n) is 9.70. The number of benzene rings is 3. The van der Waals surface area contributed by atoms with Gasteiger partial charge in [-0.1, -0.05) is 82.7 Å². The zero-order chi connectivity index (χ0) is 20.1. The van der Waals surface area contributed by atoms with E-state index in [2.05, 4.69) is 102 Å². The van der Waals surface area contributed by atoms with E-state index in [-0.39, 0.29) is 10.2 Å². The number of allylic oxidation sites excluding steroid dienone is 1. The molecule has 0 amide bonds. The van der Waals surface area contributed by atoms with Gasteiger partial charge in [-0.25, -0.2) is 0 Å². The molecule has 0 saturated carbocycles. The molecule has 1 aliphatic carbocycles. The van der Waals surface area contributed by atoms with Crippen molar-refractivity contribution in [2.24, 2.45) is 0 Å². The number of hydrogen-bond donors (Lipinski definition) is 0. The SMILES string of the molecule is Cc1ccc(-c2ccc3cc4c(cc3c2)C(SC(C)(C)C)=CCC4(C)C)cc1. The first-order valence-corrected chi connectivity index (χ1v) is 11.0. The lowest BCUT2D eigenvalue weighted by Crippen LogP contribution is -2.22. The van der Waals surface area contributed by atoms with Crippen molar-refractivity contribution in [3.05, 3.63) is 77.4 Å². The summed E-state index contributed by atoms with van der Waals surface area (Å²) in [6.45, 7) is 13.8. The van der Waals surface area contributed by atoms with Crippen LogP contribution in [-0.4, -0.2) is 4.75 Å². The molecular formula is C27H30S. The maximum Gasteiger partial charge on any atom is 0.0122 e. The van der Waals surface area contributed by atoms with Crippen molar-refractivity contribution in [1.82, 2.24) is 0 Å². The van der Waals surface area contributed by atoms with Crippen molar-refractivity contribution >= 4 is 27.4 Å². The van der Waals surface area contributed by atoms with Crippen molar-refractivity contribution in [1.29, 1.82) is 0 Å². The van der Waals surface area contributed by atoms with Crippen molar-refractivity contribution in [3.63, 3.8) is 0 Å². The molecule has 0 N–H and O–H groups in total. The van der Waals surface area contributed by atoms with Gasteiger partial charge < -0.3 is 0 Å². The van der Waals surface area contributed by atoms with Crippen LogP contribution in [0.5, 0.6) is 0 Å². The van der Waals surface area contributed by atoms with Crippen molar-refractivity contribution < 1.29 is 0 Å². The van der Waals surface area contributed by atoms with Gasteiger partial charge in [-0.2, -0.15) is 0 Å². The normalized spacial score (nSPS) is 16.0. The lowest BCUT2D eigenvalue weighted by atomic mass is 9.75. The topological polar surface area (TPSA) is 0 Å². The van der Waals surface area contributed by atoms with Gasteiger partial charge in [0.05, 0.1) is 0 Å². The summed E-state index contributed by atoms with van der Waals surface area (Å²) in [5, 5.41) is 2.67. The second-order valence-corrected chi connectivity index (χ2v) is 11.6. The lowest BCUT2D eigenvalue weighted by Gasteiger charge is -2.34. The zero-order valence-corrected chi connectivity index (χ0v) is 18.7. The third-order valence-electron chi connectivity index (χ3n) is 5.57. The summed E-state index contributed by atoms with van der Waals surface area (Å²) >= 11 is 1.99. The highest BCUT2D eigenvalue weighted by molar-refractivity contribution is 8.09. The van der Waals surface area contributed by atoms with Crippen LogP contribution in [0.25, 0.3) is 26.8 Å². The van der Waals surface area contributed by atoms with Crippen LogP contribution in [0.4, 0.5) is 0 Å². The summed E-state index contributed by atoms with van der Waals surface area (Å²) in [5.41, 5.74) is 6.96. The molecule has 0 aliphatic heterocycles. The van der Waals surface area contributed by atoms with Crippen LogP contribution in [-0.2, 0) is 5.41 Å². The van der Waals surface area contributed by atoms with Crippen LogP contribution in [0.2, 0.25) is 0 Å². The first kappa shape index (κ1) is 19.3. The molecule has 0 radical (unpaired) electrons. The Morgan fingerprint density at radius 2 is 1.50 bits per heavy atom. The van der Waals surface area contributed by atoms with Gasteiger partial charge in [0.1, 0.15) is 0 Å². The third kappa shape index (κ3) is 3.78. The largest absolute Gasteiger partial charge is 0.120 e. The predicted molar refractivity (Wildman–Crippen MR) is 127 cm³/mol. The Bertz CT molecular complexity index is 1060. The molecule has 1 aliphatic rings. The van der Waals surface area contributed by atoms with Crippen LogP contribution < -0.4 is 0 Å². The van der Waals surface area contributed by atoms with Gasteiger partial charge in [0.2, 0.25) is 0 Å². The van der Waals surface area contributed by atoms with E-state index in [9.17, 15) is 0 Å². The van der Waals surface area contributed by atoms with Crippen molar-refractivity contribution in [3.8, 4) is 11.1 Å². The smallest absolute Gasteiger partial charge is 0.0122 e. The fourth-order valence-electron chi connectivity index (χ4n) is 3.98. The van der Waals surface area contributed by atoms with Crippen LogP contribution >= 0.6 is 11.8 Å². The summed E-state index contributed by atoms with van der Waals surface area (Å²) < 4.78 is 0.212. The maximum atomic E-state index is 2.45. The highest BCUT2D eigenvalue weighted by Gasteiger charge is 2.30. The average Bonchev–Trinajstić information content (AvgIpc) is 2.62. The minimum atomic E-state index is 0.182. The number of fused-ring (bicyclic) bond motifs is 2. The van der Waals surface area contributed by atoms with E-state index in [0.717, 1.165) is 6.42 Å². The molecule has 1 heteroatoms. The summed E-state index contributed by atoms with van der Waals surface area (Å²) in [6, 6.07) is 20.6. The van der Waals surface area contributed by atoms with Crippen LogP contribution in [0.1, 0.15) is 57.7 Å². The molecule has 0 unspecified atom stereocenters. The molecule has 0 nitrogen and oxygen atoms in total. The van der Waals surface area contributed by atoms with Crippen molar-refractivity contribution in [2.45, 2.75) is 58.1 Å². The monoisotopic (exact) mass is 386 g/mol. The van der Waals surface area contributed by atoms with Gasteiger partial charge in [0.15, 0.2) is 0 Å². The highest BCUT2D eigenvalue weighted by Crippen LogP contribution is 2.48. The Hall–Kier alpha value is -1.99. The molecule has 3 aromatic rings. The molecule has 0 bridgehead atoms. The van der Waals surface area contributed by atoms with Gasteiger partial charge >= 0.3 is 0 Å². The molecule has 0 fully saturated rings. The van der Waals surface area contributed by atoms with Gasteiger partial charge in [0.25, 0.3) is 0 Å². The van der Waals surface area contributed by atoms with Crippen LogP contribution in [0.15, 0.2) is 60.7 Å². The third-order valence-corrected chi connectivity index (χ3v) is 6.79. The van der Waals surface area contributed by atoms with Gasteiger partial charge in [0, 0.05) is 9.65 Å².